The molecule has 130 valence electrons. The van der Waals surface area contributed by atoms with Crippen LogP contribution in [0, 0.1) is 0 Å². The van der Waals surface area contributed by atoms with Gasteiger partial charge in [0, 0.05) is 6.42 Å². The molecule has 23 heavy (non-hydrogen) atoms. The Labute approximate surface area is 181 Å². The summed E-state index contributed by atoms with van der Waals surface area (Å²) in [6.07, 6.45) is 9.87. The first-order valence-electron chi connectivity index (χ1n) is 8.21. The summed E-state index contributed by atoms with van der Waals surface area (Å²) in [6, 6.07) is -1.34. The molecule has 0 saturated heterocycles. The summed E-state index contributed by atoms with van der Waals surface area (Å²) < 4.78 is 0. The fourth-order valence-corrected chi connectivity index (χ4v) is 2.24. The van der Waals surface area contributed by atoms with Crippen molar-refractivity contribution in [1.82, 2.24) is 5.32 Å². The van der Waals surface area contributed by atoms with Gasteiger partial charge in [0.05, 0.1) is 6.42 Å². The van der Waals surface area contributed by atoms with Gasteiger partial charge in [0.25, 0.3) is 0 Å². The number of carboxylic acids is 2. The maximum atomic E-state index is 11.6. The molecule has 0 heterocycles. The zero-order valence-corrected chi connectivity index (χ0v) is 13.5. The molecule has 0 aliphatic rings. The topological polar surface area (TPSA) is 104 Å². The number of hydrogen-bond donors (Lipinski definition) is 3. The Hall–Kier alpha value is 0.0464. The Balaban J connectivity index is 0. The number of unbranched alkanes of at least 4 members (excludes halogenated alkanes) is 8. The van der Waals surface area contributed by atoms with Crippen molar-refractivity contribution in [3.8, 4) is 0 Å². The van der Waals surface area contributed by atoms with Gasteiger partial charge in [0.2, 0.25) is 5.91 Å². The van der Waals surface area contributed by atoms with Crippen LogP contribution in [-0.4, -0.2) is 85.5 Å². The minimum atomic E-state index is -1.34. The van der Waals surface area contributed by atoms with Gasteiger partial charge in [-0.3, -0.25) is 9.59 Å². The molecule has 0 bridgehead atoms. The summed E-state index contributed by atoms with van der Waals surface area (Å²) in [4.78, 5) is 32.9. The Morgan fingerprint density at radius 2 is 1.35 bits per heavy atom. The third-order valence-corrected chi connectivity index (χ3v) is 3.52. The van der Waals surface area contributed by atoms with Crippen LogP contribution in [0.1, 0.15) is 77.6 Å². The Morgan fingerprint density at radius 1 is 0.870 bits per heavy atom. The van der Waals surface area contributed by atoms with Crippen molar-refractivity contribution in [2.75, 3.05) is 0 Å². The molecule has 0 rings (SSSR count). The number of aliphatic carboxylic acids is 2. The van der Waals surface area contributed by atoms with Crippen LogP contribution in [0.25, 0.3) is 0 Å². The standard InChI is InChI=1S/C16H29NO5.K.H/c1-2-3-4-5-6-7-8-9-10-11-14(18)17-13(16(21)22)12-15(19)20;;/h13H,2-12H2,1H3,(H,17,18)(H,19,20)(H,21,22);;. The summed E-state index contributed by atoms with van der Waals surface area (Å²) in [5, 5.41) is 19.7. The van der Waals surface area contributed by atoms with Gasteiger partial charge in [-0.05, 0) is 6.42 Å². The van der Waals surface area contributed by atoms with E-state index in [4.69, 9.17) is 10.2 Å². The molecule has 0 aromatic rings. The van der Waals surface area contributed by atoms with E-state index in [1.807, 2.05) is 0 Å². The number of carbonyl (C=O) groups excluding carboxylic acids is 1. The molecule has 7 heteroatoms. The van der Waals surface area contributed by atoms with E-state index in [9.17, 15) is 14.4 Å². The third-order valence-electron chi connectivity index (χ3n) is 3.52. The molecule has 1 amide bonds. The second kappa shape index (κ2) is 16.9. The van der Waals surface area contributed by atoms with Crippen molar-refractivity contribution in [2.24, 2.45) is 0 Å². The summed E-state index contributed by atoms with van der Waals surface area (Å²) in [5.74, 6) is -2.95. The van der Waals surface area contributed by atoms with Crippen LogP contribution in [-0.2, 0) is 14.4 Å². The number of amides is 1. The Bertz CT molecular complexity index is 349. The minimum absolute atomic E-state index is 0. The molecule has 0 fully saturated rings. The van der Waals surface area contributed by atoms with Crippen LogP contribution in [0.2, 0.25) is 0 Å². The van der Waals surface area contributed by atoms with Crippen molar-refractivity contribution in [2.45, 2.75) is 83.6 Å². The number of carboxylic acid groups (broad SMARTS) is 2. The third kappa shape index (κ3) is 16.7. The van der Waals surface area contributed by atoms with Crippen molar-refractivity contribution >= 4 is 69.2 Å². The van der Waals surface area contributed by atoms with E-state index in [-0.39, 0.29) is 57.8 Å². The van der Waals surface area contributed by atoms with E-state index < -0.39 is 30.3 Å². The SMILES string of the molecule is CCCCCCCCCCCC(=O)NC(CC(=O)O)C(=O)O.[KH]. The summed E-state index contributed by atoms with van der Waals surface area (Å²) in [7, 11) is 0. The van der Waals surface area contributed by atoms with Crippen LogP contribution in [0.15, 0.2) is 0 Å². The van der Waals surface area contributed by atoms with Gasteiger partial charge in [-0.2, -0.15) is 0 Å². The second-order valence-corrected chi connectivity index (χ2v) is 5.63. The molecule has 0 aromatic carbocycles. The number of nitrogens with one attached hydrogen (secondary N) is 1. The number of hydrogen-bond acceptors (Lipinski definition) is 3. The normalized spacial score (nSPS) is 11.3. The van der Waals surface area contributed by atoms with Gasteiger partial charge in [-0.25, -0.2) is 4.79 Å². The average molecular weight is 356 g/mol. The summed E-state index contributed by atoms with van der Waals surface area (Å²) >= 11 is 0. The van der Waals surface area contributed by atoms with E-state index >= 15 is 0 Å². The molecular formula is C16H30KNO5. The van der Waals surface area contributed by atoms with Crippen molar-refractivity contribution < 1.29 is 24.6 Å². The van der Waals surface area contributed by atoms with E-state index in [0.717, 1.165) is 12.8 Å². The summed E-state index contributed by atoms with van der Waals surface area (Å²) in [6.45, 7) is 2.19. The number of carbonyl (C=O) groups is 3. The number of rotatable bonds is 14. The average Bonchev–Trinajstić information content (AvgIpc) is 2.44. The quantitative estimate of drug-likeness (QED) is 0.328. The molecule has 1 atom stereocenters. The summed E-state index contributed by atoms with van der Waals surface area (Å²) in [5.41, 5.74) is 0. The van der Waals surface area contributed by atoms with E-state index in [0.29, 0.717) is 6.42 Å². The molecule has 3 N–H and O–H groups in total. The molecule has 0 aliphatic heterocycles. The van der Waals surface area contributed by atoms with Crippen molar-refractivity contribution in [1.29, 1.82) is 0 Å². The monoisotopic (exact) mass is 355 g/mol. The fourth-order valence-electron chi connectivity index (χ4n) is 2.24. The van der Waals surface area contributed by atoms with Crippen LogP contribution in [0.4, 0.5) is 0 Å². The molecule has 0 aromatic heterocycles. The Morgan fingerprint density at radius 3 is 1.78 bits per heavy atom. The van der Waals surface area contributed by atoms with Crippen LogP contribution in [0.5, 0.6) is 0 Å². The fraction of sp³-hybridized carbons (Fsp3) is 0.812. The second-order valence-electron chi connectivity index (χ2n) is 5.63. The van der Waals surface area contributed by atoms with E-state index in [1.165, 1.54) is 38.5 Å². The van der Waals surface area contributed by atoms with Gasteiger partial charge < -0.3 is 15.5 Å². The first-order chi connectivity index (χ1) is 10.5. The molecule has 6 nitrogen and oxygen atoms in total. The molecule has 1 unspecified atom stereocenters. The van der Waals surface area contributed by atoms with Crippen molar-refractivity contribution in [3.05, 3.63) is 0 Å². The van der Waals surface area contributed by atoms with Crippen molar-refractivity contribution in [3.63, 3.8) is 0 Å². The Kier molecular flexibility index (Phi) is 18.6. The van der Waals surface area contributed by atoms with Gasteiger partial charge in [0.15, 0.2) is 0 Å². The molecule has 0 saturated carbocycles. The maximum absolute atomic E-state index is 11.6. The van der Waals surface area contributed by atoms with Gasteiger partial charge >= 0.3 is 63.3 Å². The molecule has 0 aliphatic carbocycles. The first kappa shape index (κ1) is 25.3. The van der Waals surface area contributed by atoms with Gasteiger partial charge in [-0.1, -0.05) is 58.3 Å². The zero-order valence-electron chi connectivity index (χ0n) is 13.5. The predicted molar refractivity (Wildman–Crippen MR) is 90.8 cm³/mol. The molecule has 0 spiro atoms. The van der Waals surface area contributed by atoms with Crippen LogP contribution in [0.3, 0.4) is 0 Å². The molecule has 0 radical (unpaired) electrons. The zero-order chi connectivity index (χ0) is 16.8. The van der Waals surface area contributed by atoms with E-state index in [2.05, 4.69) is 12.2 Å². The predicted octanol–water partition coefficient (Wildman–Crippen LogP) is 2.30. The van der Waals surface area contributed by atoms with Gasteiger partial charge in [-0.15, -0.1) is 0 Å². The van der Waals surface area contributed by atoms with Gasteiger partial charge in [0.1, 0.15) is 6.04 Å². The first-order valence-corrected chi connectivity index (χ1v) is 8.21. The van der Waals surface area contributed by atoms with Crippen LogP contribution < -0.4 is 5.32 Å². The van der Waals surface area contributed by atoms with E-state index in [1.54, 1.807) is 0 Å². The molecular weight excluding hydrogens is 325 g/mol. The van der Waals surface area contributed by atoms with Crippen LogP contribution >= 0.6 is 0 Å².